The Morgan fingerprint density at radius 1 is 1.10 bits per heavy atom. The molecular weight excluding hydrogens is 413 g/mol. The molecule has 6 nitrogen and oxygen atoms in total. The molecule has 0 saturated carbocycles. The van der Waals surface area contributed by atoms with Gasteiger partial charge >= 0.3 is 6.18 Å². The third-order valence-corrected chi connectivity index (χ3v) is 6.56. The Balaban J connectivity index is 1.44. The van der Waals surface area contributed by atoms with Crippen LogP contribution in [0.4, 0.5) is 24.8 Å². The molecule has 1 aliphatic rings. The third kappa shape index (κ3) is 4.20. The first kappa shape index (κ1) is 20.8. The summed E-state index contributed by atoms with van der Waals surface area (Å²) in [6.07, 6.45) is -2.60. The van der Waals surface area contributed by atoms with Gasteiger partial charge in [-0.2, -0.15) is 13.2 Å². The number of hydrogen-bond donors (Lipinski definition) is 1. The highest BCUT2D eigenvalue weighted by Gasteiger charge is 2.31. The van der Waals surface area contributed by atoms with Crippen molar-refractivity contribution in [3.05, 3.63) is 40.2 Å². The number of fused-ring (bicyclic) bond motifs is 1. The van der Waals surface area contributed by atoms with Gasteiger partial charge in [0.05, 0.1) is 17.5 Å². The summed E-state index contributed by atoms with van der Waals surface area (Å²) in [6, 6.07) is 2.53. The molecule has 0 bridgehead atoms. The second-order valence-electron chi connectivity index (χ2n) is 7.51. The van der Waals surface area contributed by atoms with Gasteiger partial charge in [-0.1, -0.05) is 0 Å². The predicted octanol–water partition coefficient (Wildman–Crippen LogP) is 4.02. The van der Waals surface area contributed by atoms with E-state index in [1.165, 1.54) is 10.9 Å². The summed E-state index contributed by atoms with van der Waals surface area (Å²) in [5.74, 6) is 1.78. The average molecular weight is 437 g/mol. The molecule has 30 heavy (non-hydrogen) atoms. The van der Waals surface area contributed by atoms with Gasteiger partial charge in [-0.15, -0.1) is 11.3 Å². The predicted molar refractivity (Wildman–Crippen MR) is 113 cm³/mol. The summed E-state index contributed by atoms with van der Waals surface area (Å²) in [4.78, 5) is 19.6. The lowest BCUT2D eigenvalue weighted by Gasteiger charge is -2.22. The maximum absolute atomic E-state index is 12.8. The minimum absolute atomic E-state index is 0.516. The largest absolute Gasteiger partial charge is 0.417 e. The molecule has 1 saturated heterocycles. The second-order valence-corrected chi connectivity index (χ2v) is 8.71. The Hall–Kier alpha value is -2.46. The molecule has 1 fully saturated rings. The maximum Gasteiger partial charge on any atom is 0.417 e. The van der Waals surface area contributed by atoms with E-state index < -0.39 is 11.7 Å². The number of hydrogen-bond acceptors (Lipinski definition) is 7. The van der Waals surface area contributed by atoms with Crippen LogP contribution >= 0.6 is 11.3 Å². The van der Waals surface area contributed by atoms with Crippen LogP contribution < -0.4 is 10.6 Å². The molecule has 4 heterocycles. The molecule has 3 aromatic rings. The highest BCUT2D eigenvalue weighted by atomic mass is 32.1. The van der Waals surface area contributed by atoms with Crippen LogP contribution in [-0.4, -0.2) is 46.0 Å². The van der Waals surface area contributed by atoms with Crippen LogP contribution in [0.3, 0.4) is 0 Å². The van der Waals surface area contributed by atoms with Gasteiger partial charge < -0.3 is 10.6 Å². The second kappa shape index (κ2) is 7.99. The molecule has 0 atom stereocenters. The van der Waals surface area contributed by atoms with Crippen LogP contribution in [0.2, 0.25) is 0 Å². The lowest BCUT2D eigenvalue weighted by molar-refractivity contribution is -0.137. The highest BCUT2D eigenvalue weighted by Crippen LogP contribution is 2.32. The standard InChI is InChI=1S/C20H23F3N6S/c1-12-13(2)30-19-17(12)18(24)26-15(27-19)11-28-6-3-7-29(9-8-28)16-5-4-14(10-25-16)20(21,22)23/h4-5,10H,3,6-9,11H2,1-2H3,(H2,24,26,27). The van der Waals surface area contributed by atoms with Crippen molar-refractivity contribution in [2.75, 3.05) is 36.8 Å². The minimum atomic E-state index is -4.37. The van der Waals surface area contributed by atoms with Gasteiger partial charge in [0.15, 0.2) is 0 Å². The van der Waals surface area contributed by atoms with E-state index >= 15 is 0 Å². The van der Waals surface area contributed by atoms with E-state index in [0.29, 0.717) is 30.5 Å². The van der Waals surface area contributed by atoms with Crippen LogP contribution in [0, 0.1) is 13.8 Å². The normalized spacial score (nSPS) is 16.2. The summed E-state index contributed by atoms with van der Waals surface area (Å²) < 4.78 is 38.3. The van der Waals surface area contributed by atoms with Crippen LogP contribution in [0.5, 0.6) is 0 Å². The van der Waals surface area contributed by atoms with Crippen molar-refractivity contribution in [1.82, 2.24) is 19.9 Å². The Morgan fingerprint density at radius 3 is 2.60 bits per heavy atom. The molecule has 0 radical (unpaired) electrons. The fraction of sp³-hybridized carbons (Fsp3) is 0.450. The fourth-order valence-corrected chi connectivity index (χ4v) is 4.75. The monoisotopic (exact) mass is 436 g/mol. The van der Waals surface area contributed by atoms with Crippen molar-refractivity contribution < 1.29 is 13.2 Å². The van der Waals surface area contributed by atoms with Crippen LogP contribution in [0.1, 0.15) is 28.2 Å². The number of nitrogens with zero attached hydrogens (tertiary/aromatic N) is 5. The highest BCUT2D eigenvalue weighted by molar-refractivity contribution is 7.18. The zero-order valence-corrected chi connectivity index (χ0v) is 17.6. The van der Waals surface area contributed by atoms with Gasteiger partial charge in [-0.05, 0) is 38.0 Å². The summed E-state index contributed by atoms with van der Waals surface area (Å²) >= 11 is 1.63. The number of aryl methyl sites for hydroxylation is 2. The zero-order valence-electron chi connectivity index (χ0n) is 16.8. The third-order valence-electron chi connectivity index (χ3n) is 5.46. The first-order chi connectivity index (χ1) is 14.2. The fourth-order valence-electron chi connectivity index (χ4n) is 3.70. The van der Waals surface area contributed by atoms with Crippen molar-refractivity contribution in [3.63, 3.8) is 0 Å². The summed E-state index contributed by atoms with van der Waals surface area (Å²) in [7, 11) is 0. The van der Waals surface area contributed by atoms with Gasteiger partial charge in [0.25, 0.3) is 0 Å². The number of aromatic nitrogens is 3. The van der Waals surface area contributed by atoms with Crippen molar-refractivity contribution in [3.8, 4) is 0 Å². The summed E-state index contributed by atoms with van der Waals surface area (Å²) in [5.41, 5.74) is 6.59. The molecule has 0 spiro atoms. The van der Waals surface area contributed by atoms with Crippen molar-refractivity contribution in [1.29, 1.82) is 0 Å². The molecule has 3 aromatic heterocycles. The number of nitrogens with two attached hydrogens (primary N) is 1. The first-order valence-corrected chi connectivity index (χ1v) is 10.6. The Labute approximate surface area is 176 Å². The van der Waals surface area contributed by atoms with E-state index in [2.05, 4.69) is 21.8 Å². The molecule has 0 aliphatic carbocycles. The number of anilines is 2. The zero-order chi connectivity index (χ0) is 21.5. The van der Waals surface area contributed by atoms with Gasteiger partial charge in [-0.25, -0.2) is 15.0 Å². The Morgan fingerprint density at radius 2 is 1.90 bits per heavy atom. The van der Waals surface area contributed by atoms with Crippen molar-refractivity contribution >= 4 is 33.2 Å². The lowest BCUT2D eigenvalue weighted by atomic mass is 10.2. The first-order valence-electron chi connectivity index (χ1n) is 9.75. The van der Waals surface area contributed by atoms with Gasteiger partial charge in [0.1, 0.15) is 22.3 Å². The summed E-state index contributed by atoms with van der Waals surface area (Å²) in [6.45, 7) is 7.68. The Kier molecular flexibility index (Phi) is 5.54. The molecule has 10 heteroatoms. The van der Waals surface area contributed by atoms with Gasteiger partial charge in [0.2, 0.25) is 0 Å². The maximum atomic E-state index is 12.8. The van der Waals surface area contributed by atoms with E-state index in [9.17, 15) is 13.2 Å². The van der Waals surface area contributed by atoms with Crippen LogP contribution in [-0.2, 0) is 12.7 Å². The van der Waals surface area contributed by atoms with Crippen LogP contribution in [0.15, 0.2) is 18.3 Å². The number of nitrogen functional groups attached to an aromatic ring is 1. The Bertz CT molecular complexity index is 1050. The average Bonchev–Trinajstić information content (AvgIpc) is 2.84. The summed E-state index contributed by atoms with van der Waals surface area (Å²) in [5, 5.41) is 0.941. The van der Waals surface area contributed by atoms with Crippen molar-refractivity contribution in [2.45, 2.75) is 33.0 Å². The SMILES string of the molecule is Cc1sc2nc(CN3CCCN(c4ccc(C(F)(F)F)cn4)CC3)nc(N)c2c1C. The molecule has 1 aliphatic heterocycles. The number of alkyl halides is 3. The van der Waals surface area contributed by atoms with E-state index in [1.54, 1.807) is 11.3 Å². The molecular formula is C20H23F3N6S. The molecule has 0 amide bonds. The number of rotatable bonds is 3. The van der Waals surface area contributed by atoms with Crippen molar-refractivity contribution in [2.24, 2.45) is 0 Å². The number of pyridine rings is 1. The molecule has 160 valence electrons. The van der Waals surface area contributed by atoms with E-state index in [1.807, 2.05) is 11.8 Å². The quantitative estimate of drug-likeness (QED) is 0.669. The smallest absolute Gasteiger partial charge is 0.383 e. The lowest BCUT2D eigenvalue weighted by Crippen LogP contribution is -2.31. The van der Waals surface area contributed by atoms with E-state index in [-0.39, 0.29) is 0 Å². The number of thiophene rings is 1. The minimum Gasteiger partial charge on any atom is -0.383 e. The molecule has 2 N–H and O–H groups in total. The molecule has 0 aromatic carbocycles. The van der Waals surface area contributed by atoms with E-state index in [4.69, 9.17) is 10.7 Å². The van der Waals surface area contributed by atoms with Crippen LogP contribution in [0.25, 0.3) is 10.2 Å². The number of halogens is 3. The molecule has 4 rings (SSSR count). The van der Waals surface area contributed by atoms with Gasteiger partial charge in [-0.3, -0.25) is 4.90 Å². The topological polar surface area (TPSA) is 71.2 Å². The molecule has 0 unspecified atom stereocenters. The van der Waals surface area contributed by atoms with Gasteiger partial charge in [0, 0.05) is 37.3 Å². The van der Waals surface area contributed by atoms with E-state index in [0.717, 1.165) is 54.1 Å².